The maximum Gasteiger partial charge on any atom is 0.306 e. The fourth-order valence-electron chi connectivity index (χ4n) is 3.77. The molecule has 0 unspecified atom stereocenters. The van der Waals surface area contributed by atoms with E-state index in [1.807, 2.05) is 12.1 Å². The summed E-state index contributed by atoms with van der Waals surface area (Å²) in [7, 11) is 0. The highest BCUT2D eigenvalue weighted by Gasteiger charge is 2.03. The average Bonchev–Trinajstić information content (AvgIpc) is 2.80. The van der Waals surface area contributed by atoms with E-state index in [1.54, 1.807) is 12.4 Å². The number of pyridine rings is 1. The SMILES string of the molecule is CCCCCCCCCC/C=C/CCCCCCCCCC(=O)OCc1cccnc1. The Hall–Kier alpha value is -1.64. The van der Waals surface area contributed by atoms with Crippen LogP contribution >= 0.6 is 0 Å². The zero-order valence-corrected chi connectivity index (χ0v) is 20.2. The Morgan fingerprint density at radius 1 is 0.806 bits per heavy atom. The fraction of sp³-hybridized carbons (Fsp3) is 0.714. The highest BCUT2D eigenvalue weighted by Crippen LogP contribution is 2.12. The molecule has 0 aromatic carbocycles. The van der Waals surface area contributed by atoms with Gasteiger partial charge in [0.05, 0.1) is 0 Å². The van der Waals surface area contributed by atoms with E-state index in [2.05, 4.69) is 24.1 Å². The van der Waals surface area contributed by atoms with Crippen molar-refractivity contribution < 1.29 is 9.53 Å². The van der Waals surface area contributed by atoms with Gasteiger partial charge in [0, 0.05) is 24.4 Å². The second-order valence-corrected chi connectivity index (χ2v) is 8.77. The van der Waals surface area contributed by atoms with Crippen LogP contribution in [0.15, 0.2) is 36.7 Å². The molecule has 0 aliphatic carbocycles. The molecule has 1 rings (SSSR count). The Bertz CT molecular complexity index is 541. The summed E-state index contributed by atoms with van der Waals surface area (Å²) in [5, 5.41) is 0. The van der Waals surface area contributed by atoms with Crippen molar-refractivity contribution >= 4 is 5.97 Å². The van der Waals surface area contributed by atoms with Crippen molar-refractivity contribution in [3.05, 3.63) is 42.2 Å². The van der Waals surface area contributed by atoms with E-state index >= 15 is 0 Å². The largest absolute Gasteiger partial charge is 0.461 e. The minimum Gasteiger partial charge on any atom is -0.461 e. The monoisotopic (exact) mass is 429 g/mol. The summed E-state index contributed by atoms with van der Waals surface area (Å²) in [5.41, 5.74) is 0.943. The summed E-state index contributed by atoms with van der Waals surface area (Å²) in [6.07, 6.45) is 31.0. The minimum absolute atomic E-state index is 0.0948. The molecule has 1 aromatic rings. The molecule has 0 saturated carbocycles. The third kappa shape index (κ3) is 18.8. The first-order valence-corrected chi connectivity index (χ1v) is 13.0. The molecule has 0 atom stereocenters. The molecule has 0 fully saturated rings. The van der Waals surface area contributed by atoms with Crippen LogP contribution in [-0.4, -0.2) is 11.0 Å². The Labute approximate surface area is 192 Å². The van der Waals surface area contributed by atoms with Gasteiger partial charge in [0.2, 0.25) is 0 Å². The number of hydrogen-bond donors (Lipinski definition) is 0. The lowest BCUT2D eigenvalue weighted by atomic mass is 10.1. The molecule has 0 N–H and O–H groups in total. The molecule has 0 saturated heterocycles. The van der Waals surface area contributed by atoms with E-state index in [-0.39, 0.29) is 5.97 Å². The molecular formula is C28H47NO2. The van der Waals surface area contributed by atoms with E-state index in [0.29, 0.717) is 13.0 Å². The third-order valence-electron chi connectivity index (χ3n) is 5.77. The van der Waals surface area contributed by atoms with Crippen molar-refractivity contribution in [1.29, 1.82) is 0 Å². The highest BCUT2D eigenvalue weighted by molar-refractivity contribution is 5.69. The lowest BCUT2D eigenvalue weighted by Crippen LogP contribution is -2.04. The predicted octanol–water partition coefficient (Wildman–Crippen LogP) is 8.72. The van der Waals surface area contributed by atoms with Crippen molar-refractivity contribution in [2.75, 3.05) is 0 Å². The van der Waals surface area contributed by atoms with E-state index in [9.17, 15) is 4.79 Å². The molecule has 176 valence electrons. The van der Waals surface area contributed by atoms with Crippen molar-refractivity contribution in [3.63, 3.8) is 0 Å². The molecule has 31 heavy (non-hydrogen) atoms. The Balaban J connectivity index is 1.76. The second-order valence-electron chi connectivity index (χ2n) is 8.77. The van der Waals surface area contributed by atoms with Crippen molar-refractivity contribution in [2.45, 2.75) is 129 Å². The number of allylic oxidation sites excluding steroid dienone is 2. The smallest absolute Gasteiger partial charge is 0.306 e. The van der Waals surface area contributed by atoms with Crippen LogP contribution < -0.4 is 0 Å². The first-order chi connectivity index (χ1) is 15.3. The normalized spacial score (nSPS) is 11.3. The van der Waals surface area contributed by atoms with Crippen LogP contribution in [0.2, 0.25) is 0 Å². The molecule has 0 amide bonds. The van der Waals surface area contributed by atoms with Gasteiger partial charge in [-0.2, -0.15) is 0 Å². The summed E-state index contributed by atoms with van der Waals surface area (Å²) in [4.78, 5) is 15.8. The summed E-state index contributed by atoms with van der Waals surface area (Å²) in [5.74, 6) is -0.0948. The van der Waals surface area contributed by atoms with Crippen LogP contribution in [0, 0.1) is 0 Å². The fourth-order valence-corrected chi connectivity index (χ4v) is 3.77. The topological polar surface area (TPSA) is 39.2 Å². The molecule has 0 aliphatic heterocycles. The second kappa shape index (κ2) is 21.6. The van der Waals surface area contributed by atoms with E-state index in [1.165, 1.54) is 96.3 Å². The van der Waals surface area contributed by atoms with E-state index in [4.69, 9.17) is 4.74 Å². The van der Waals surface area contributed by atoms with Gasteiger partial charge in [-0.15, -0.1) is 0 Å². The van der Waals surface area contributed by atoms with Crippen molar-refractivity contribution in [2.24, 2.45) is 0 Å². The van der Waals surface area contributed by atoms with Gasteiger partial charge in [0.1, 0.15) is 6.61 Å². The van der Waals surface area contributed by atoms with Crippen LogP contribution in [-0.2, 0) is 16.1 Å². The quantitative estimate of drug-likeness (QED) is 0.111. The number of carbonyl (C=O) groups excluding carboxylic acids is 1. The number of esters is 1. The van der Waals surface area contributed by atoms with Crippen LogP contribution in [0.25, 0.3) is 0 Å². The van der Waals surface area contributed by atoms with Gasteiger partial charge >= 0.3 is 5.97 Å². The van der Waals surface area contributed by atoms with Gasteiger partial charge < -0.3 is 4.74 Å². The van der Waals surface area contributed by atoms with Crippen LogP contribution in [0.5, 0.6) is 0 Å². The number of carbonyl (C=O) groups is 1. The van der Waals surface area contributed by atoms with E-state index in [0.717, 1.165) is 18.4 Å². The van der Waals surface area contributed by atoms with Crippen molar-refractivity contribution in [3.8, 4) is 0 Å². The number of unbranched alkanes of at least 4 members (excludes halogenated alkanes) is 15. The molecule has 3 nitrogen and oxygen atoms in total. The highest BCUT2D eigenvalue weighted by atomic mass is 16.5. The van der Waals surface area contributed by atoms with Gasteiger partial charge in [-0.05, 0) is 38.2 Å². The maximum atomic E-state index is 11.7. The molecule has 3 heteroatoms. The summed E-state index contributed by atoms with van der Waals surface area (Å²) in [6.45, 7) is 2.61. The van der Waals surface area contributed by atoms with Crippen LogP contribution in [0.4, 0.5) is 0 Å². The van der Waals surface area contributed by atoms with E-state index < -0.39 is 0 Å². The predicted molar refractivity (Wildman–Crippen MR) is 132 cm³/mol. The Morgan fingerprint density at radius 3 is 1.90 bits per heavy atom. The molecule has 1 heterocycles. The average molecular weight is 430 g/mol. The lowest BCUT2D eigenvalue weighted by Gasteiger charge is -2.05. The first-order valence-electron chi connectivity index (χ1n) is 13.0. The first kappa shape index (κ1) is 27.4. The Kier molecular flexibility index (Phi) is 19.1. The number of hydrogen-bond acceptors (Lipinski definition) is 3. The van der Waals surface area contributed by atoms with Gasteiger partial charge in [-0.3, -0.25) is 9.78 Å². The number of ether oxygens (including phenoxy) is 1. The molecule has 1 aromatic heterocycles. The number of nitrogens with zero attached hydrogens (tertiary/aromatic N) is 1. The Morgan fingerprint density at radius 2 is 1.35 bits per heavy atom. The number of rotatable bonds is 21. The summed E-state index contributed by atoms with van der Waals surface area (Å²) in [6, 6.07) is 3.78. The lowest BCUT2D eigenvalue weighted by molar-refractivity contribution is -0.145. The summed E-state index contributed by atoms with van der Waals surface area (Å²) >= 11 is 0. The maximum absolute atomic E-state index is 11.7. The zero-order chi connectivity index (χ0) is 22.2. The summed E-state index contributed by atoms with van der Waals surface area (Å²) < 4.78 is 5.28. The molecule has 0 spiro atoms. The standard InChI is InChI=1S/C28H47NO2/c1-2-3-4-5-6-7-8-9-10-11-12-13-14-15-16-17-18-19-20-23-28(30)31-26-27-22-21-24-29-25-27/h11-12,21-22,24-25H,2-10,13-20,23,26H2,1H3/b12-11+. The number of aromatic nitrogens is 1. The van der Waals surface area contributed by atoms with Gasteiger partial charge in [0.25, 0.3) is 0 Å². The zero-order valence-electron chi connectivity index (χ0n) is 20.2. The minimum atomic E-state index is -0.0948. The van der Waals surface area contributed by atoms with Gasteiger partial charge in [-0.25, -0.2) is 0 Å². The third-order valence-corrected chi connectivity index (χ3v) is 5.77. The van der Waals surface area contributed by atoms with Crippen molar-refractivity contribution in [1.82, 2.24) is 4.98 Å². The molecule has 0 radical (unpaired) electrons. The van der Waals surface area contributed by atoms with Gasteiger partial charge in [0.15, 0.2) is 0 Å². The van der Waals surface area contributed by atoms with Crippen LogP contribution in [0.1, 0.15) is 128 Å². The molecule has 0 bridgehead atoms. The molecule has 0 aliphatic rings. The van der Waals surface area contributed by atoms with Crippen LogP contribution in [0.3, 0.4) is 0 Å². The van der Waals surface area contributed by atoms with Gasteiger partial charge in [-0.1, -0.05) is 102 Å². The molecular weight excluding hydrogens is 382 g/mol.